The maximum atomic E-state index is 12.7. The van der Waals surface area contributed by atoms with Crippen molar-refractivity contribution in [2.24, 2.45) is 10.1 Å². The molecule has 0 radical (unpaired) electrons. The van der Waals surface area contributed by atoms with E-state index in [2.05, 4.69) is 10.1 Å². The fraction of sp³-hybridized carbons (Fsp3) is 0.238. The number of nitrogens with zero attached hydrogens (tertiary/aromatic N) is 4. The Bertz CT molecular complexity index is 1200. The van der Waals surface area contributed by atoms with Gasteiger partial charge in [0.2, 0.25) is 5.17 Å². The lowest BCUT2D eigenvalue weighted by Gasteiger charge is -2.20. The average molecular weight is 456 g/mol. The van der Waals surface area contributed by atoms with E-state index in [1.165, 1.54) is 28.5 Å². The summed E-state index contributed by atoms with van der Waals surface area (Å²) in [6.07, 6.45) is 3.60. The first-order chi connectivity index (χ1) is 14.9. The smallest absolute Gasteiger partial charge is 0.283 e. The van der Waals surface area contributed by atoms with Crippen LogP contribution < -0.4 is 9.47 Å². The number of aliphatic imine (C=N–C) groups is 1. The Hall–Kier alpha value is -2.98. The largest absolute Gasteiger partial charge is 0.497 e. The van der Waals surface area contributed by atoms with Gasteiger partial charge in [0.1, 0.15) is 11.5 Å². The number of benzene rings is 1. The molecule has 0 bridgehead atoms. The molecule has 0 unspecified atom stereocenters. The summed E-state index contributed by atoms with van der Waals surface area (Å²) < 4.78 is 13.7. The predicted octanol–water partition coefficient (Wildman–Crippen LogP) is 4.05. The maximum absolute atomic E-state index is 12.7. The molecule has 0 saturated heterocycles. The van der Waals surface area contributed by atoms with Gasteiger partial charge in [0.25, 0.3) is 5.91 Å². The summed E-state index contributed by atoms with van der Waals surface area (Å²) in [7, 11) is 3.24. The van der Waals surface area contributed by atoms with Crippen molar-refractivity contribution in [2.45, 2.75) is 13.8 Å². The first kappa shape index (κ1) is 21.3. The highest BCUT2D eigenvalue weighted by molar-refractivity contribution is 8.45. The number of amides is 1. The summed E-state index contributed by atoms with van der Waals surface area (Å²) in [6.45, 7) is 3.93. The number of carbonyl (C=O) groups excluding carboxylic acids is 1. The molecule has 1 N–H and O–H groups in total. The van der Waals surface area contributed by atoms with Gasteiger partial charge in [-0.2, -0.15) is 10.0 Å². The van der Waals surface area contributed by atoms with Gasteiger partial charge in [0, 0.05) is 17.5 Å². The molecule has 2 aromatic rings. The lowest BCUT2D eigenvalue weighted by molar-refractivity contribution is -0.114. The number of aromatic nitrogens is 1. The highest BCUT2D eigenvalue weighted by atomic mass is 32.2. The normalized spacial score (nSPS) is 17.1. The zero-order valence-corrected chi connectivity index (χ0v) is 19.3. The zero-order chi connectivity index (χ0) is 22.3. The van der Waals surface area contributed by atoms with E-state index in [-0.39, 0.29) is 11.4 Å². The Morgan fingerprint density at radius 3 is 2.65 bits per heavy atom. The number of ether oxygens (including phenoxy) is 2. The number of rotatable bonds is 4. The molecule has 10 heteroatoms. The Balaban J connectivity index is 1.79. The number of carbonyl (C=O) groups is 1. The van der Waals surface area contributed by atoms with Gasteiger partial charge in [-0.15, -0.1) is 16.9 Å². The molecule has 0 atom stereocenters. The monoisotopic (exact) mass is 455 g/mol. The topological polar surface area (TPSA) is 92.3 Å². The molecule has 4 rings (SSSR count). The van der Waals surface area contributed by atoms with Crippen LogP contribution in [0.2, 0.25) is 0 Å². The second-order valence-electron chi connectivity index (χ2n) is 6.79. The van der Waals surface area contributed by atoms with Crippen molar-refractivity contribution < 1.29 is 14.3 Å². The fourth-order valence-corrected chi connectivity index (χ4v) is 4.83. The molecule has 3 heterocycles. The number of hydrogen-bond donors (Lipinski definition) is 1. The van der Waals surface area contributed by atoms with Gasteiger partial charge >= 0.3 is 0 Å². The van der Waals surface area contributed by atoms with Crippen molar-refractivity contribution in [3.63, 3.8) is 0 Å². The minimum Gasteiger partial charge on any atom is -0.497 e. The Morgan fingerprint density at radius 2 is 1.97 bits per heavy atom. The van der Waals surface area contributed by atoms with E-state index in [9.17, 15) is 4.79 Å². The van der Waals surface area contributed by atoms with Crippen LogP contribution in [0.15, 0.2) is 39.9 Å². The highest BCUT2D eigenvalue weighted by Gasteiger charge is 2.35. The average Bonchev–Trinajstić information content (AvgIpc) is 3.30. The van der Waals surface area contributed by atoms with E-state index in [1.807, 2.05) is 48.9 Å². The second-order valence-corrected chi connectivity index (χ2v) is 8.80. The van der Waals surface area contributed by atoms with Crippen LogP contribution in [0.3, 0.4) is 0 Å². The molecule has 31 heavy (non-hydrogen) atoms. The van der Waals surface area contributed by atoms with Crippen LogP contribution in [-0.4, -0.2) is 51.3 Å². The van der Waals surface area contributed by atoms with Crippen molar-refractivity contribution in [3.05, 3.63) is 46.8 Å². The molecule has 2 aliphatic heterocycles. The summed E-state index contributed by atoms with van der Waals surface area (Å²) in [5.41, 5.74) is 3.70. The van der Waals surface area contributed by atoms with E-state index in [1.54, 1.807) is 20.3 Å². The fourth-order valence-electron chi connectivity index (χ4n) is 3.49. The van der Waals surface area contributed by atoms with Crippen molar-refractivity contribution in [1.29, 1.82) is 5.41 Å². The van der Waals surface area contributed by atoms with Gasteiger partial charge in [-0.1, -0.05) is 0 Å². The molecule has 0 spiro atoms. The van der Waals surface area contributed by atoms with Gasteiger partial charge in [-0.05, 0) is 61.7 Å². The van der Waals surface area contributed by atoms with Crippen LogP contribution in [0.1, 0.15) is 17.0 Å². The third kappa shape index (κ3) is 3.66. The van der Waals surface area contributed by atoms with E-state index in [4.69, 9.17) is 14.9 Å². The molecule has 0 saturated carbocycles. The molecule has 2 aliphatic rings. The number of amidine groups is 2. The third-order valence-electron chi connectivity index (χ3n) is 5.01. The van der Waals surface area contributed by atoms with Crippen molar-refractivity contribution in [3.8, 4) is 17.2 Å². The molecule has 0 aliphatic carbocycles. The molecule has 8 nitrogen and oxygen atoms in total. The van der Waals surface area contributed by atoms with Crippen LogP contribution >= 0.6 is 23.5 Å². The number of thioether (sulfide) groups is 2. The van der Waals surface area contributed by atoms with E-state index in [0.717, 1.165) is 27.0 Å². The second kappa shape index (κ2) is 8.27. The minimum absolute atomic E-state index is 0.0234. The molecule has 160 valence electrons. The van der Waals surface area contributed by atoms with Crippen LogP contribution in [0.5, 0.6) is 11.5 Å². The van der Waals surface area contributed by atoms with E-state index in [0.29, 0.717) is 16.7 Å². The van der Waals surface area contributed by atoms with Gasteiger partial charge < -0.3 is 14.0 Å². The molecule has 1 aromatic carbocycles. The van der Waals surface area contributed by atoms with E-state index < -0.39 is 5.91 Å². The van der Waals surface area contributed by atoms with Gasteiger partial charge in [-0.3, -0.25) is 10.2 Å². The van der Waals surface area contributed by atoms with Crippen molar-refractivity contribution in [2.75, 3.05) is 20.5 Å². The van der Waals surface area contributed by atoms with Crippen LogP contribution in [0.25, 0.3) is 11.8 Å². The first-order valence-corrected chi connectivity index (χ1v) is 11.4. The SMILES string of the molecule is COc1ccc(OC)c(-n2c(C)cc(/C=C3\C(=N)N4N=C(SC)SC4=NC3=O)c2C)c1. The quantitative estimate of drug-likeness (QED) is 0.699. The van der Waals surface area contributed by atoms with Crippen LogP contribution in [0, 0.1) is 19.3 Å². The van der Waals surface area contributed by atoms with Crippen molar-refractivity contribution in [1.82, 2.24) is 9.58 Å². The summed E-state index contributed by atoms with van der Waals surface area (Å²) >= 11 is 2.75. The number of nitrogens with one attached hydrogen (secondary N) is 1. The number of fused-ring (bicyclic) bond motifs is 1. The third-order valence-corrected chi connectivity index (χ3v) is 6.89. The molecule has 0 fully saturated rings. The zero-order valence-electron chi connectivity index (χ0n) is 17.7. The Morgan fingerprint density at radius 1 is 1.19 bits per heavy atom. The molecule has 1 amide bonds. The van der Waals surface area contributed by atoms with Gasteiger partial charge in [-0.25, -0.2) is 0 Å². The van der Waals surface area contributed by atoms with E-state index >= 15 is 0 Å². The van der Waals surface area contributed by atoms with Crippen LogP contribution in [-0.2, 0) is 4.79 Å². The summed E-state index contributed by atoms with van der Waals surface area (Å²) in [5.74, 6) is 0.995. The van der Waals surface area contributed by atoms with Gasteiger partial charge in [0.15, 0.2) is 10.2 Å². The number of hydrazone groups is 1. The summed E-state index contributed by atoms with van der Waals surface area (Å²) in [6, 6.07) is 7.57. The standard InChI is InChI=1S/C21H21N5O3S2/c1-11-8-13(12(2)25(11)16-10-14(28-3)6-7-17(16)29-4)9-15-18(22)26-20(23-19(15)27)31-21(24-26)30-5/h6-10,22H,1-5H3/b15-9+,22-18?. The molecular weight excluding hydrogens is 434 g/mol. The summed E-state index contributed by atoms with van der Waals surface area (Å²) in [5, 5.41) is 14.7. The number of hydrogen-bond acceptors (Lipinski definition) is 7. The first-order valence-electron chi connectivity index (χ1n) is 9.33. The Labute approximate surface area is 188 Å². The highest BCUT2D eigenvalue weighted by Crippen LogP contribution is 2.34. The molecular formula is C21H21N5O3S2. The Kier molecular flexibility index (Phi) is 5.67. The van der Waals surface area contributed by atoms with Gasteiger partial charge in [0.05, 0.1) is 25.5 Å². The van der Waals surface area contributed by atoms with Crippen molar-refractivity contribution >= 4 is 50.9 Å². The lowest BCUT2D eigenvalue weighted by atomic mass is 10.1. The predicted molar refractivity (Wildman–Crippen MR) is 127 cm³/mol. The summed E-state index contributed by atoms with van der Waals surface area (Å²) in [4.78, 5) is 16.8. The maximum Gasteiger partial charge on any atom is 0.283 e. The van der Waals surface area contributed by atoms with Crippen LogP contribution in [0.4, 0.5) is 0 Å². The minimum atomic E-state index is -0.440. The number of methoxy groups -OCH3 is 2. The number of aryl methyl sites for hydroxylation is 1. The molecule has 1 aromatic heterocycles. The lowest BCUT2D eigenvalue weighted by Crippen LogP contribution is -2.35.